The SMILES string of the molecule is CCOC(=O)c1c(NC(=O)c2cc(-c3ccccc3)nc3ccccc23)sc2c1CC[C@H](C)C2. The first kappa shape index (κ1) is 22.3. The Bertz CT molecular complexity index is 1380. The van der Waals surface area contributed by atoms with Crippen molar-refractivity contribution in [2.75, 3.05) is 11.9 Å². The Kier molecular flexibility index (Phi) is 6.16. The fourth-order valence-corrected chi connectivity index (χ4v) is 5.94. The number of pyridine rings is 1. The number of esters is 1. The van der Waals surface area contributed by atoms with Crippen LogP contribution in [0.3, 0.4) is 0 Å². The maximum absolute atomic E-state index is 13.6. The second-order valence-corrected chi connectivity index (χ2v) is 9.77. The van der Waals surface area contributed by atoms with Gasteiger partial charge >= 0.3 is 5.97 Å². The number of anilines is 1. The molecule has 0 unspecified atom stereocenters. The highest BCUT2D eigenvalue weighted by atomic mass is 32.1. The molecule has 2 heterocycles. The molecule has 0 saturated carbocycles. The van der Waals surface area contributed by atoms with Gasteiger partial charge in [0, 0.05) is 15.8 Å². The number of benzene rings is 2. The number of hydrogen-bond acceptors (Lipinski definition) is 5. The highest BCUT2D eigenvalue weighted by Crippen LogP contribution is 2.40. The van der Waals surface area contributed by atoms with Crippen molar-refractivity contribution < 1.29 is 14.3 Å². The maximum atomic E-state index is 13.6. The van der Waals surface area contributed by atoms with Crippen LogP contribution in [-0.2, 0) is 17.6 Å². The first-order valence-electron chi connectivity index (χ1n) is 11.6. The van der Waals surface area contributed by atoms with Crippen molar-refractivity contribution in [3.63, 3.8) is 0 Å². The summed E-state index contributed by atoms with van der Waals surface area (Å²) in [6, 6.07) is 19.3. The molecule has 0 fully saturated rings. The molecule has 34 heavy (non-hydrogen) atoms. The minimum absolute atomic E-state index is 0.257. The number of para-hydroxylation sites is 1. The summed E-state index contributed by atoms with van der Waals surface area (Å²) < 4.78 is 5.36. The lowest BCUT2D eigenvalue weighted by atomic mass is 9.88. The summed E-state index contributed by atoms with van der Waals surface area (Å²) in [6.45, 7) is 4.31. The molecule has 0 spiro atoms. The monoisotopic (exact) mass is 470 g/mol. The Morgan fingerprint density at radius 3 is 2.68 bits per heavy atom. The molecule has 1 amide bonds. The average Bonchev–Trinajstić information content (AvgIpc) is 3.20. The van der Waals surface area contributed by atoms with Crippen molar-refractivity contribution in [2.45, 2.75) is 33.1 Å². The standard InChI is InChI=1S/C28H26N2O3S/c1-3-33-28(32)25-20-14-13-17(2)15-24(20)34-27(25)30-26(31)21-16-23(18-9-5-4-6-10-18)29-22-12-8-7-11-19(21)22/h4-12,16-17H,3,13-15H2,1-2H3,(H,30,31)/t17-/m0/s1. The zero-order valence-electron chi connectivity index (χ0n) is 19.3. The van der Waals surface area contributed by atoms with Gasteiger partial charge in [0.15, 0.2) is 0 Å². The van der Waals surface area contributed by atoms with Gasteiger partial charge in [0.1, 0.15) is 5.00 Å². The lowest BCUT2D eigenvalue weighted by Crippen LogP contribution is -2.17. The maximum Gasteiger partial charge on any atom is 0.341 e. The second kappa shape index (κ2) is 9.39. The van der Waals surface area contributed by atoms with E-state index in [0.29, 0.717) is 28.7 Å². The lowest BCUT2D eigenvalue weighted by molar-refractivity contribution is 0.0526. The minimum atomic E-state index is -0.366. The van der Waals surface area contributed by atoms with Gasteiger partial charge in [-0.25, -0.2) is 9.78 Å². The zero-order valence-corrected chi connectivity index (χ0v) is 20.1. The number of hydrogen-bond donors (Lipinski definition) is 1. The van der Waals surface area contributed by atoms with Gasteiger partial charge < -0.3 is 10.1 Å². The fourth-order valence-electron chi connectivity index (χ4n) is 4.55. The molecule has 172 valence electrons. The van der Waals surface area contributed by atoms with Crippen LogP contribution in [0.1, 0.15) is 51.4 Å². The van der Waals surface area contributed by atoms with Crippen LogP contribution in [0.25, 0.3) is 22.2 Å². The van der Waals surface area contributed by atoms with E-state index in [1.54, 1.807) is 6.92 Å². The van der Waals surface area contributed by atoms with E-state index in [0.717, 1.165) is 47.0 Å². The average molecular weight is 471 g/mol. The summed E-state index contributed by atoms with van der Waals surface area (Å²) in [4.78, 5) is 32.5. The summed E-state index contributed by atoms with van der Waals surface area (Å²) >= 11 is 1.50. The topological polar surface area (TPSA) is 68.3 Å². The van der Waals surface area contributed by atoms with Crippen LogP contribution in [0.5, 0.6) is 0 Å². The van der Waals surface area contributed by atoms with E-state index in [2.05, 4.69) is 12.2 Å². The molecule has 0 radical (unpaired) electrons. The van der Waals surface area contributed by atoms with Crippen LogP contribution < -0.4 is 5.32 Å². The first-order valence-corrected chi connectivity index (χ1v) is 12.4. The summed E-state index contributed by atoms with van der Waals surface area (Å²) in [7, 11) is 0. The Morgan fingerprint density at radius 2 is 1.88 bits per heavy atom. The molecule has 0 saturated heterocycles. The number of carbonyl (C=O) groups is 2. The number of thiophene rings is 1. The van der Waals surface area contributed by atoms with Crippen LogP contribution in [0.4, 0.5) is 5.00 Å². The quantitative estimate of drug-likeness (QED) is 0.337. The van der Waals surface area contributed by atoms with Crippen molar-refractivity contribution in [1.29, 1.82) is 0 Å². The number of fused-ring (bicyclic) bond motifs is 2. The van der Waals surface area contributed by atoms with Crippen molar-refractivity contribution in [3.8, 4) is 11.3 Å². The third-order valence-corrected chi connectivity index (χ3v) is 7.42. The number of ether oxygens (including phenoxy) is 1. The van der Waals surface area contributed by atoms with Crippen molar-refractivity contribution >= 4 is 39.1 Å². The lowest BCUT2D eigenvalue weighted by Gasteiger charge is -2.18. The first-order chi connectivity index (χ1) is 16.5. The van der Waals surface area contributed by atoms with Gasteiger partial charge in [0.05, 0.1) is 28.9 Å². The van der Waals surface area contributed by atoms with Crippen LogP contribution >= 0.6 is 11.3 Å². The molecule has 0 aliphatic heterocycles. The number of aromatic nitrogens is 1. The number of nitrogens with one attached hydrogen (secondary N) is 1. The van der Waals surface area contributed by atoms with E-state index in [9.17, 15) is 9.59 Å². The van der Waals surface area contributed by atoms with E-state index >= 15 is 0 Å². The van der Waals surface area contributed by atoms with Crippen LogP contribution in [0.15, 0.2) is 60.7 Å². The summed E-state index contributed by atoms with van der Waals surface area (Å²) in [5.74, 6) is -0.0651. The van der Waals surface area contributed by atoms with Gasteiger partial charge in [-0.15, -0.1) is 11.3 Å². The third kappa shape index (κ3) is 4.21. The molecular formula is C28H26N2O3S. The van der Waals surface area contributed by atoms with Crippen molar-refractivity contribution in [2.24, 2.45) is 5.92 Å². The molecule has 1 aliphatic rings. The summed E-state index contributed by atoms with van der Waals surface area (Å²) in [6.07, 6.45) is 2.77. The Balaban J connectivity index is 1.58. The minimum Gasteiger partial charge on any atom is -0.462 e. The largest absolute Gasteiger partial charge is 0.462 e. The molecule has 1 atom stereocenters. The Labute approximate surface area is 202 Å². The third-order valence-electron chi connectivity index (χ3n) is 6.25. The van der Waals surface area contributed by atoms with E-state index in [1.807, 2.05) is 60.7 Å². The van der Waals surface area contributed by atoms with Crippen LogP contribution in [-0.4, -0.2) is 23.5 Å². The smallest absolute Gasteiger partial charge is 0.341 e. The molecule has 2 aromatic carbocycles. The molecule has 1 aliphatic carbocycles. The van der Waals surface area contributed by atoms with Crippen LogP contribution in [0, 0.1) is 5.92 Å². The molecular weight excluding hydrogens is 444 g/mol. The van der Waals surface area contributed by atoms with Gasteiger partial charge in [-0.3, -0.25) is 4.79 Å². The van der Waals surface area contributed by atoms with Gasteiger partial charge in [-0.1, -0.05) is 55.5 Å². The molecule has 5 nitrogen and oxygen atoms in total. The second-order valence-electron chi connectivity index (χ2n) is 8.67. The van der Waals surface area contributed by atoms with Gasteiger partial charge in [0.2, 0.25) is 0 Å². The molecule has 4 aromatic rings. The fraction of sp³-hybridized carbons (Fsp3) is 0.250. The van der Waals surface area contributed by atoms with E-state index in [-0.39, 0.29) is 11.9 Å². The van der Waals surface area contributed by atoms with E-state index in [4.69, 9.17) is 9.72 Å². The highest BCUT2D eigenvalue weighted by molar-refractivity contribution is 7.17. The normalized spacial score (nSPS) is 15.1. The number of amides is 1. The number of rotatable bonds is 5. The Morgan fingerprint density at radius 1 is 1.12 bits per heavy atom. The molecule has 0 bridgehead atoms. The van der Waals surface area contributed by atoms with Crippen LogP contribution in [0.2, 0.25) is 0 Å². The Hall–Kier alpha value is -3.51. The van der Waals surface area contributed by atoms with E-state index < -0.39 is 0 Å². The molecule has 6 heteroatoms. The van der Waals surface area contributed by atoms with Crippen molar-refractivity contribution in [3.05, 3.63) is 82.2 Å². The predicted octanol–water partition coefficient (Wildman–Crippen LogP) is 6.52. The number of carbonyl (C=O) groups excluding carboxylic acids is 2. The summed E-state index contributed by atoms with van der Waals surface area (Å²) in [5.41, 5.74) is 4.49. The molecule has 1 N–H and O–H groups in total. The van der Waals surface area contributed by atoms with E-state index in [1.165, 1.54) is 16.2 Å². The number of nitrogens with zero attached hydrogens (tertiary/aromatic N) is 1. The van der Waals surface area contributed by atoms with Crippen molar-refractivity contribution in [1.82, 2.24) is 4.98 Å². The molecule has 5 rings (SSSR count). The highest BCUT2D eigenvalue weighted by Gasteiger charge is 2.29. The zero-order chi connectivity index (χ0) is 23.7. The predicted molar refractivity (Wildman–Crippen MR) is 137 cm³/mol. The summed E-state index contributed by atoms with van der Waals surface area (Å²) in [5, 5.41) is 4.40. The van der Waals surface area contributed by atoms with Gasteiger partial charge in [-0.2, -0.15) is 0 Å². The van der Waals surface area contributed by atoms with Gasteiger partial charge in [0.25, 0.3) is 5.91 Å². The molecule has 2 aromatic heterocycles. The van der Waals surface area contributed by atoms with Gasteiger partial charge in [-0.05, 0) is 49.8 Å².